The van der Waals surface area contributed by atoms with Crippen molar-refractivity contribution in [2.45, 2.75) is 57.9 Å². The minimum Gasteiger partial charge on any atom is -0.379 e. The first-order valence-electron chi connectivity index (χ1n) is 4.92. The molecule has 0 aromatic heterocycles. The maximum atomic E-state index is 6.06. The lowest BCUT2D eigenvalue weighted by Gasteiger charge is -2.10. The van der Waals surface area contributed by atoms with Crippen LogP contribution in [0.5, 0.6) is 0 Å². The topological polar surface area (TPSA) is 9.23 Å². The first-order valence-corrected chi connectivity index (χ1v) is 5.36. The van der Waals surface area contributed by atoms with E-state index in [0.717, 1.165) is 19.4 Å². The average molecular weight is 193 g/mol. The number of unbranched alkanes of at least 4 members (excludes halogenated alkanes) is 1. The molecule has 0 aliphatic rings. The van der Waals surface area contributed by atoms with Crippen LogP contribution in [0.3, 0.4) is 0 Å². The first kappa shape index (κ1) is 12.2. The second-order valence-electron chi connectivity index (χ2n) is 3.45. The standard InChI is InChI=1S/C10H21ClO/c1-4-5-6-10(11)7-8-12-9(2)3/h9-10H,4-8H2,1-3H3. The highest BCUT2D eigenvalue weighted by Gasteiger charge is 2.03. The van der Waals surface area contributed by atoms with E-state index in [1.54, 1.807) is 0 Å². The Kier molecular flexibility index (Phi) is 8.04. The second-order valence-corrected chi connectivity index (χ2v) is 4.06. The van der Waals surface area contributed by atoms with Gasteiger partial charge in [-0.05, 0) is 26.7 Å². The molecule has 12 heavy (non-hydrogen) atoms. The van der Waals surface area contributed by atoms with Crippen LogP contribution in [0.25, 0.3) is 0 Å². The summed E-state index contributed by atoms with van der Waals surface area (Å²) in [5.74, 6) is 0. The van der Waals surface area contributed by atoms with Crippen molar-refractivity contribution in [3.8, 4) is 0 Å². The fraction of sp³-hybridized carbons (Fsp3) is 1.00. The van der Waals surface area contributed by atoms with Crippen LogP contribution < -0.4 is 0 Å². The summed E-state index contributed by atoms with van der Waals surface area (Å²) < 4.78 is 5.41. The van der Waals surface area contributed by atoms with Crippen LogP contribution in [0.4, 0.5) is 0 Å². The van der Waals surface area contributed by atoms with Crippen LogP contribution in [0.15, 0.2) is 0 Å². The van der Waals surface area contributed by atoms with E-state index in [0.29, 0.717) is 11.5 Å². The Hall–Kier alpha value is 0.250. The zero-order valence-electron chi connectivity index (χ0n) is 8.48. The minimum absolute atomic E-state index is 0.309. The van der Waals surface area contributed by atoms with Gasteiger partial charge in [-0.1, -0.05) is 19.8 Å². The highest BCUT2D eigenvalue weighted by Crippen LogP contribution is 2.11. The minimum atomic E-state index is 0.309. The summed E-state index contributed by atoms with van der Waals surface area (Å²) in [4.78, 5) is 0. The molecule has 0 N–H and O–H groups in total. The van der Waals surface area contributed by atoms with Crippen LogP contribution in [-0.4, -0.2) is 18.1 Å². The predicted molar refractivity (Wildman–Crippen MR) is 54.9 cm³/mol. The molecular formula is C10H21ClO. The molecule has 0 amide bonds. The van der Waals surface area contributed by atoms with Gasteiger partial charge in [0.25, 0.3) is 0 Å². The molecule has 0 aromatic rings. The number of ether oxygens (including phenoxy) is 1. The molecule has 0 heterocycles. The maximum Gasteiger partial charge on any atom is 0.0518 e. The lowest BCUT2D eigenvalue weighted by Crippen LogP contribution is -2.09. The fourth-order valence-corrected chi connectivity index (χ4v) is 1.24. The largest absolute Gasteiger partial charge is 0.379 e. The number of rotatable bonds is 7. The second kappa shape index (κ2) is 7.88. The normalized spacial score (nSPS) is 13.8. The molecule has 0 spiro atoms. The molecule has 0 radical (unpaired) electrons. The van der Waals surface area contributed by atoms with Gasteiger partial charge in [-0.3, -0.25) is 0 Å². The summed E-state index contributed by atoms with van der Waals surface area (Å²) in [6.45, 7) is 7.09. The molecular weight excluding hydrogens is 172 g/mol. The van der Waals surface area contributed by atoms with Gasteiger partial charge in [-0.2, -0.15) is 0 Å². The van der Waals surface area contributed by atoms with Crippen molar-refractivity contribution in [2.24, 2.45) is 0 Å². The zero-order chi connectivity index (χ0) is 9.40. The van der Waals surface area contributed by atoms with E-state index in [1.807, 2.05) is 0 Å². The van der Waals surface area contributed by atoms with Gasteiger partial charge in [0.2, 0.25) is 0 Å². The van der Waals surface area contributed by atoms with E-state index in [2.05, 4.69) is 20.8 Å². The maximum absolute atomic E-state index is 6.06. The highest BCUT2D eigenvalue weighted by atomic mass is 35.5. The van der Waals surface area contributed by atoms with E-state index in [4.69, 9.17) is 16.3 Å². The van der Waals surface area contributed by atoms with Crippen molar-refractivity contribution >= 4 is 11.6 Å². The third-order valence-electron chi connectivity index (χ3n) is 1.75. The van der Waals surface area contributed by atoms with Crippen molar-refractivity contribution in [2.75, 3.05) is 6.61 Å². The summed E-state index contributed by atoms with van der Waals surface area (Å²) in [5.41, 5.74) is 0. The van der Waals surface area contributed by atoms with Gasteiger partial charge in [0.05, 0.1) is 6.10 Å². The third-order valence-corrected chi connectivity index (χ3v) is 2.19. The third kappa shape index (κ3) is 8.35. The number of hydrogen-bond acceptors (Lipinski definition) is 1. The Balaban J connectivity index is 3.13. The van der Waals surface area contributed by atoms with Gasteiger partial charge in [-0.25, -0.2) is 0 Å². The molecule has 0 aliphatic heterocycles. The SMILES string of the molecule is CCCCC(Cl)CCOC(C)C. The lowest BCUT2D eigenvalue weighted by atomic mass is 10.1. The van der Waals surface area contributed by atoms with Gasteiger partial charge in [0.15, 0.2) is 0 Å². The van der Waals surface area contributed by atoms with E-state index in [1.165, 1.54) is 12.8 Å². The van der Waals surface area contributed by atoms with Crippen molar-refractivity contribution in [3.63, 3.8) is 0 Å². The quantitative estimate of drug-likeness (QED) is 0.561. The summed E-state index contributed by atoms with van der Waals surface area (Å²) >= 11 is 6.06. The van der Waals surface area contributed by atoms with E-state index in [-0.39, 0.29) is 0 Å². The van der Waals surface area contributed by atoms with Crippen LogP contribution in [0, 0.1) is 0 Å². The zero-order valence-corrected chi connectivity index (χ0v) is 9.23. The molecule has 2 heteroatoms. The van der Waals surface area contributed by atoms with Crippen molar-refractivity contribution in [1.29, 1.82) is 0 Å². The molecule has 0 rings (SSSR count). The first-order chi connectivity index (χ1) is 5.66. The van der Waals surface area contributed by atoms with Crippen LogP contribution >= 0.6 is 11.6 Å². The van der Waals surface area contributed by atoms with Gasteiger partial charge in [-0.15, -0.1) is 11.6 Å². The summed E-state index contributed by atoms with van der Waals surface area (Å²) in [5, 5.41) is 0.309. The van der Waals surface area contributed by atoms with Gasteiger partial charge in [0, 0.05) is 12.0 Å². The highest BCUT2D eigenvalue weighted by molar-refractivity contribution is 6.20. The molecule has 0 bridgehead atoms. The molecule has 1 unspecified atom stereocenters. The van der Waals surface area contributed by atoms with Crippen LogP contribution in [-0.2, 0) is 4.74 Å². The van der Waals surface area contributed by atoms with Crippen molar-refractivity contribution < 1.29 is 4.74 Å². The summed E-state index contributed by atoms with van der Waals surface area (Å²) in [6.07, 6.45) is 4.91. The Labute approximate surface area is 81.4 Å². The average Bonchev–Trinajstić information content (AvgIpc) is 2.00. The van der Waals surface area contributed by atoms with Gasteiger partial charge >= 0.3 is 0 Å². The summed E-state index contributed by atoms with van der Waals surface area (Å²) in [6, 6.07) is 0. The fourth-order valence-electron chi connectivity index (χ4n) is 1.00. The molecule has 0 aromatic carbocycles. The van der Waals surface area contributed by atoms with Crippen molar-refractivity contribution in [3.05, 3.63) is 0 Å². The van der Waals surface area contributed by atoms with E-state index < -0.39 is 0 Å². The molecule has 1 atom stereocenters. The Morgan fingerprint density at radius 3 is 2.42 bits per heavy atom. The molecule has 0 saturated carbocycles. The molecule has 0 aliphatic carbocycles. The lowest BCUT2D eigenvalue weighted by molar-refractivity contribution is 0.0762. The number of alkyl halides is 1. The molecule has 0 fully saturated rings. The Morgan fingerprint density at radius 1 is 1.25 bits per heavy atom. The van der Waals surface area contributed by atoms with Crippen LogP contribution in [0.1, 0.15) is 46.5 Å². The van der Waals surface area contributed by atoms with Gasteiger partial charge in [0.1, 0.15) is 0 Å². The molecule has 0 saturated heterocycles. The predicted octanol–water partition coefficient (Wildman–Crippen LogP) is 3.60. The molecule has 74 valence electrons. The molecule has 1 nitrogen and oxygen atoms in total. The Morgan fingerprint density at radius 2 is 1.92 bits per heavy atom. The van der Waals surface area contributed by atoms with E-state index >= 15 is 0 Å². The smallest absolute Gasteiger partial charge is 0.0518 e. The van der Waals surface area contributed by atoms with Crippen molar-refractivity contribution in [1.82, 2.24) is 0 Å². The number of halogens is 1. The van der Waals surface area contributed by atoms with Gasteiger partial charge < -0.3 is 4.74 Å². The monoisotopic (exact) mass is 192 g/mol. The number of hydrogen-bond donors (Lipinski definition) is 0. The summed E-state index contributed by atoms with van der Waals surface area (Å²) in [7, 11) is 0. The Bertz CT molecular complexity index is 93.8. The van der Waals surface area contributed by atoms with Crippen LogP contribution in [0.2, 0.25) is 0 Å². The van der Waals surface area contributed by atoms with E-state index in [9.17, 15) is 0 Å².